The molecule has 1 aliphatic rings. The van der Waals surface area contributed by atoms with Crippen molar-refractivity contribution >= 4 is 23.6 Å². The van der Waals surface area contributed by atoms with Gasteiger partial charge in [0.1, 0.15) is 17.8 Å². The molecule has 0 saturated carbocycles. The maximum Gasteiger partial charge on any atom is 0.255 e. The van der Waals surface area contributed by atoms with Crippen LogP contribution < -0.4 is 21.3 Å². The fraction of sp³-hybridized carbons (Fsp3) is 0.312. The van der Waals surface area contributed by atoms with E-state index in [1.54, 1.807) is 19.1 Å². The van der Waals surface area contributed by atoms with E-state index in [0.717, 1.165) is 11.1 Å². The molecule has 0 radical (unpaired) electrons. The number of phenols is 1. The molecular formula is C32H36N4O6. The lowest BCUT2D eigenvalue weighted by Crippen LogP contribution is -2.64. The molecule has 0 spiro atoms. The predicted molar refractivity (Wildman–Crippen MR) is 156 cm³/mol. The van der Waals surface area contributed by atoms with E-state index in [4.69, 9.17) is 0 Å². The second-order valence-corrected chi connectivity index (χ2v) is 10.6. The van der Waals surface area contributed by atoms with Gasteiger partial charge in [0.15, 0.2) is 0 Å². The number of hydrogen-bond acceptors (Lipinski definition) is 6. The number of aliphatic hydroxyl groups excluding tert-OH is 1. The molecule has 1 aliphatic heterocycles. The van der Waals surface area contributed by atoms with Crippen LogP contribution in [0.3, 0.4) is 0 Å². The molecule has 0 aromatic heterocycles. The van der Waals surface area contributed by atoms with E-state index in [1.165, 1.54) is 19.1 Å². The molecule has 4 rings (SSSR count). The predicted octanol–water partition coefficient (Wildman–Crippen LogP) is 1.46. The number of amides is 4. The van der Waals surface area contributed by atoms with Crippen molar-refractivity contribution in [2.45, 2.75) is 57.0 Å². The molecule has 6 N–H and O–H groups in total. The molecule has 1 heterocycles. The molecule has 10 nitrogen and oxygen atoms in total. The van der Waals surface area contributed by atoms with Crippen LogP contribution in [0.25, 0.3) is 0 Å². The Balaban J connectivity index is 1.69. The first-order chi connectivity index (χ1) is 20.1. The summed E-state index contributed by atoms with van der Waals surface area (Å²) in [6, 6.07) is 20.1. The summed E-state index contributed by atoms with van der Waals surface area (Å²) in [6.45, 7) is 3.10. The first kappa shape index (κ1) is 30.3. The molecule has 3 aromatic rings. The van der Waals surface area contributed by atoms with Crippen LogP contribution in [0.15, 0.2) is 84.9 Å². The number of aromatic hydroxyl groups is 1. The van der Waals surface area contributed by atoms with Crippen molar-refractivity contribution in [3.63, 3.8) is 0 Å². The number of carbonyl (C=O) groups excluding carboxylic acids is 4. The lowest BCUT2D eigenvalue weighted by Gasteiger charge is -2.34. The van der Waals surface area contributed by atoms with Gasteiger partial charge in [0, 0.05) is 6.42 Å². The van der Waals surface area contributed by atoms with Crippen LogP contribution in [-0.2, 0) is 27.2 Å². The first-order valence-electron chi connectivity index (χ1n) is 13.9. The number of nitrogens with one attached hydrogen (secondary N) is 4. The Morgan fingerprint density at radius 2 is 1.31 bits per heavy atom. The van der Waals surface area contributed by atoms with Crippen molar-refractivity contribution in [2.75, 3.05) is 0 Å². The Morgan fingerprint density at radius 1 is 0.738 bits per heavy atom. The highest BCUT2D eigenvalue weighted by molar-refractivity contribution is 6.00. The van der Waals surface area contributed by atoms with Gasteiger partial charge in [0.2, 0.25) is 17.7 Å². The molecule has 1 saturated heterocycles. The van der Waals surface area contributed by atoms with Crippen molar-refractivity contribution in [1.82, 2.24) is 21.3 Å². The number of aliphatic hydroxyl groups is 1. The monoisotopic (exact) mass is 572 g/mol. The normalized spacial score (nSPS) is 25.2. The van der Waals surface area contributed by atoms with Crippen LogP contribution in [-0.4, -0.2) is 64.1 Å². The SMILES string of the molecule is C[C@H]1NC(=O)C(Cc2ccccc2)NC(=O)[C@H](C)[C@H](O)[C@H](Cc2ccccc2)NC(=O)[C@H]1NC(=O)c1ccccc1O. The lowest BCUT2D eigenvalue weighted by atomic mass is 9.91. The molecule has 0 aliphatic carbocycles. The average Bonchev–Trinajstić information content (AvgIpc) is 2.99. The summed E-state index contributed by atoms with van der Waals surface area (Å²) in [5, 5.41) is 32.6. The van der Waals surface area contributed by atoms with E-state index >= 15 is 0 Å². The van der Waals surface area contributed by atoms with Gasteiger partial charge in [-0.3, -0.25) is 19.2 Å². The molecule has 10 heteroatoms. The Labute approximate surface area is 244 Å². The number of rotatable bonds is 6. The molecule has 3 aromatic carbocycles. The van der Waals surface area contributed by atoms with E-state index in [0.29, 0.717) is 0 Å². The van der Waals surface area contributed by atoms with E-state index in [9.17, 15) is 29.4 Å². The van der Waals surface area contributed by atoms with Crippen LogP contribution in [0.2, 0.25) is 0 Å². The molecule has 42 heavy (non-hydrogen) atoms. The second kappa shape index (κ2) is 13.8. The summed E-state index contributed by atoms with van der Waals surface area (Å²) in [4.78, 5) is 53.7. The highest BCUT2D eigenvalue weighted by atomic mass is 16.3. The van der Waals surface area contributed by atoms with Crippen molar-refractivity contribution < 1.29 is 29.4 Å². The zero-order valence-corrected chi connectivity index (χ0v) is 23.5. The third-order valence-corrected chi connectivity index (χ3v) is 7.47. The number of para-hydroxylation sites is 1. The fourth-order valence-corrected chi connectivity index (χ4v) is 4.97. The molecule has 1 fully saturated rings. The molecule has 6 atom stereocenters. The van der Waals surface area contributed by atoms with Crippen LogP contribution in [0, 0.1) is 5.92 Å². The van der Waals surface area contributed by atoms with E-state index < -0.39 is 59.8 Å². The maximum atomic E-state index is 13.8. The van der Waals surface area contributed by atoms with Gasteiger partial charge in [0.05, 0.1) is 29.7 Å². The van der Waals surface area contributed by atoms with Crippen molar-refractivity contribution in [3.8, 4) is 5.75 Å². The minimum absolute atomic E-state index is 0.0429. The van der Waals surface area contributed by atoms with Crippen LogP contribution in [0.4, 0.5) is 0 Å². The number of hydrogen-bond donors (Lipinski definition) is 6. The molecule has 220 valence electrons. The lowest BCUT2D eigenvalue weighted by molar-refractivity contribution is -0.136. The summed E-state index contributed by atoms with van der Waals surface area (Å²) >= 11 is 0. The first-order valence-corrected chi connectivity index (χ1v) is 13.9. The zero-order chi connectivity index (χ0) is 30.2. The molecular weight excluding hydrogens is 536 g/mol. The zero-order valence-electron chi connectivity index (χ0n) is 23.5. The quantitative estimate of drug-likeness (QED) is 0.263. The van der Waals surface area contributed by atoms with Gasteiger partial charge in [-0.25, -0.2) is 0 Å². The van der Waals surface area contributed by atoms with E-state index in [1.807, 2.05) is 60.7 Å². The highest BCUT2D eigenvalue weighted by Crippen LogP contribution is 2.18. The standard InChI is InChI=1S/C32H36N4O6/c1-19-28(38)24(17-21-11-5-3-6-12-21)34-32(42)27(36-30(40)23-15-9-10-16-26(23)37)20(2)33-31(41)25(35-29(19)39)18-22-13-7-4-8-14-22/h3-16,19-20,24-25,27-28,37-38H,17-18H2,1-2H3,(H,33,41)(H,34,42)(H,35,39)(H,36,40)/t19-,20-,24+,25?,27+,28+/m1/s1. The Bertz CT molecular complexity index is 1400. The highest BCUT2D eigenvalue weighted by Gasteiger charge is 2.38. The van der Waals surface area contributed by atoms with Gasteiger partial charge in [-0.2, -0.15) is 0 Å². The number of phenolic OH excluding ortho intramolecular Hbond substituents is 1. The Kier molecular flexibility index (Phi) is 9.93. The third kappa shape index (κ3) is 7.52. The van der Waals surface area contributed by atoms with Crippen molar-refractivity contribution in [1.29, 1.82) is 0 Å². The average molecular weight is 573 g/mol. The molecule has 1 unspecified atom stereocenters. The van der Waals surface area contributed by atoms with Gasteiger partial charge in [-0.15, -0.1) is 0 Å². The van der Waals surface area contributed by atoms with Crippen LogP contribution in [0.1, 0.15) is 35.3 Å². The summed E-state index contributed by atoms with van der Waals surface area (Å²) in [5.74, 6) is -3.74. The largest absolute Gasteiger partial charge is 0.507 e. The summed E-state index contributed by atoms with van der Waals surface area (Å²) < 4.78 is 0. The van der Waals surface area contributed by atoms with Gasteiger partial charge in [0.25, 0.3) is 5.91 Å². The van der Waals surface area contributed by atoms with Gasteiger partial charge >= 0.3 is 0 Å². The van der Waals surface area contributed by atoms with Crippen LogP contribution >= 0.6 is 0 Å². The second-order valence-electron chi connectivity index (χ2n) is 10.6. The summed E-state index contributed by atoms with van der Waals surface area (Å²) in [7, 11) is 0. The Morgan fingerprint density at radius 3 is 1.93 bits per heavy atom. The topological polar surface area (TPSA) is 157 Å². The smallest absolute Gasteiger partial charge is 0.255 e. The minimum atomic E-state index is -1.32. The molecule has 4 amide bonds. The van der Waals surface area contributed by atoms with Crippen molar-refractivity contribution in [2.24, 2.45) is 5.92 Å². The number of benzene rings is 3. The van der Waals surface area contributed by atoms with Gasteiger partial charge < -0.3 is 31.5 Å². The third-order valence-electron chi connectivity index (χ3n) is 7.47. The summed E-state index contributed by atoms with van der Waals surface area (Å²) in [5.41, 5.74) is 1.58. The van der Waals surface area contributed by atoms with Gasteiger partial charge in [-0.1, -0.05) is 79.7 Å². The molecule has 0 bridgehead atoms. The Hall–Kier alpha value is -4.70. The van der Waals surface area contributed by atoms with E-state index in [2.05, 4.69) is 21.3 Å². The van der Waals surface area contributed by atoms with E-state index in [-0.39, 0.29) is 24.2 Å². The van der Waals surface area contributed by atoms with Gasteiger partial charge in [-0.05, 0) is 36.6 Å². The maximum absolute atomic E-state index is 13.8. The number of carbonyl (C=O) groups is 4. The minimum Gasteiger partial charge on any atom is -0.507 e. The van der Waals surface area contributed by atoms with Crippen molar-refractivity contribution in [3.05, 3.63) is 102 Å². The van der Waals surface area contributed by atoms with Crippen LogP contribution in [0.5, 0.6) is 5.75 Å². The summed E-state index contributed by atoms with van der Waals surface area (Å²) in [6.07, 6.45) is -0.943. The fourth-order valence-electron chi connectivity index (χ4n) is 4.97.